The normalized spacial score (nSPS) is 11.8. The van der Waals surface area contributed by atoms with Gasteiger partial charge in [-0.25, -0.2) is 0 Å². The van der Waals surface area contributed by atoms with Crippen molar-refractivity contribution in [3.8, 4) is 5.75 Å². The summed E-state index contributed by atoms with van der Waals surface area (Å²) in [5, 5.41) is 2.89. The van der Waals surface area contributed by atoms with E-state index in [-0.39, 0.29) is 24.1 Å². The average molecular weight is 300 g/mol. The number of carbonyl (C=O) groups excluding carboxylic acids is 1. The van der Waals surface area contributed by atoms with Crippen molar-refractivity contribution in [1.29, 1.82) is 0 Å². The molecule has 1 atom stereocenters. The number of rotatable bonds is 5. The number of methoxy groups -OCH3 is 1. The molecule has 1 aromatic heterocycles. The van der Waals surface area contributed by atoms with Gasteiger partial charge < -0.3 is 14.6 Å². The van der Waals surface area contributed by atoms with Gasteiger partial charge in [0.1, 0.15) is 12.3 Å². The van der Waals surface area contributed by atoms with E-state index in [1.807, 2.05) is 31.2 Å². The van der Waals surface area contributed by atoms with Gasteiger partial charge >= 0.3 is 0 Å². The van der Waals surface area contributed by atoms with Crippen molar-refractivity contribution < 1.29 is 9.53 Å². The number of benzene rings is 1. The largest absolute Gasteiger partial charge is 0.496 e. The van der Waals surface area contributed by atoms with Crippen LogP contribution in [-0.4, -0.2) is 17.6 Å². The zero-order chi connectivity index (χ0) is 16.1. The molecule has 5 heteroatoms. The van der Waals surface area contributed by atoms with Gasteiger partial charge in [-0.1, -0.05) is 24.3 Å². The van der Waals surface area contributed by atoms with Crippen LogP contribution in [0.4, 0.5) is 0 Å². The van der Waals surface area contributed by atoms with Crippen molar-refractivity contribution in [2.24, 2.45) is 0 Å². The first-order valence-corrected chi connectivity index (χ1v) is 7.11. The highest BCUT2D eigenvalue weighted by Gasteiger charge is 2.14. The van der Waals surface area contributed by atoms with E-state index < -0.39 is 0 Å². The standard InChI is InChI=1S/C17H20N2O3/c1-12-7-6-10-19(17(12)21)11-16(20)18-13(2)14-8-4-5-9-15(14)22-3/h4-10,13H,11H2,1-3H3,(H,18,20)/t13-/m0/s1. The topological polar surface area (TPSA) is 60.3 Å². The number of nitrogens with zero attached hydrogens (tertiary/aromatic N) is 1. The first kappa shape index (κ1) is 15.8. The zero-order valence-electron chi connectivity index (χ0n) is 13.0. The van der Waals surface area contributed by atoms with Crippen LogP contribution in [-0.2, 0) is 11.3 Å². The maximum absolute atomic E-state index is 12.1. The number of aryl methyl sites for hydroxylation is 1. The van der Waals surface area contributed by atoms with E-state index >= 15 is 0 Å². The van der Waals surface area contributed by atoms with Crippen molar-refractivity contribution in [2.75, 3.05) is 7.11 Å². The molecule has 0 unspecified atom stereocenters. The first-order chi connectivity index (χ1) is 10.5. The van der Waals surface area contributed by atoms with Crippen LogP contribution < -0.4 is 15.6 Å². The molecule has 1 aromatic carbocycles. The van der Waals surface area contributed by atoms with Crippen molar-refractivity contribution in [2.45, 2.75) is 26.4 Å². The number of carbonyl (C=O) groups is 1. The smallest absolute Gasteiger partial charge is 0.253 e. The highest BCUT2D eigenvalue weighted by Crippen LogP contribution is 2.24. The molecule has 0 radical (unpaired) electrons. The van der Waals surface area contributed by atoms with Gasteiger partial charge in [0.05, 0.1) is 13.2 Å². The van der Waals surface area contributed by atoms with E-state index in [0.29, 0.717) is 5.56 Å². The number of aromatic nitrogens is 1. The van der Waals surface area contributed by atoms with Gasteiger partial charge in [0.15, 0.2) is 0 Å². The fourth-order valence-electron chi connectivity index (χ4n) is 2.33. The third-order valence-corrected chi connectivity index (χ3v) is 3.51. The molecule has 0 aliphatic carbocycles. The summed E-state index contributed by atoms with van der Waals surface area (Å²) in [7, 11) is 1.60. The molecule has 1 N–H and O–H groups in total. The number of hydrogen-bond acceptors (Lipinski definition) is 3. The predicted octanol–water partition coefficient (Wildman–Crippen LogP) is 2.04. The summed E-state index contributed by atoms with van der Waals surface area (Å²) in [5.74, 6) is 0.508. The Morgan fingerprint density at radius 2 is 2.00 bits per heavy atom. The van der Waals surface area contributed by atoms with Gasteiger partial charge in [0.25, 0.3) is 5.56 Å². The molecule has 22 heavy (non-hydrogen) atoms. The lowest BCUT2D eigenvalue weighted by Crippen LogP contribution is -2.34. The van der Waals surface area contributed by atoms with Crippen LogP contribution in [0.15, 0.2) is 47.4 Å². The second-order valence-electron chi connectivity index (χ2n) is 5.16. The van der Waals surface area contributed by atoms with E-state index in [9.17, 15) is 9.59 Å². The van der Waals surface area contributed by atoms with E-state index in [4.69, 9.17) is 4.74 Å². The molecule has 116 valence electrons. The molecule has 5 nitrogen and oxygen atoms in total. The van der Waals surface area contributed by atoms with Crippen molar-refractivity contribution in [3.63, 3.8) is 0 Å². The summed E-state index contributed by atoms with van der Waals surface area (Å²) in [5.41, 5.74) is 1.37. The van der Waals surface area contributed by atoms with E-state index in [1.54, 1.807) is 32.4 Å². The number of para-hydroxylation sites is 1. The monoisotopic (exact) mass is 300 g/mol. The average Bonchev–Trinajstić information content (AvgIpc) is 2.51. The lowest BCUT2D eigenvalue weighted by Gasteiger charge is -2.17. The Bertz CT molecular complexity index is 722. The molecule has 2 aromatic rings. The molecule has 2 rings (SSSR count). The Kier molecular flexibility index (Phi) is 4.99. The zero-order valence-corrected chi connectivity index (χ0v) is 13.0. The molecule has 1 heterocycles. The Morgan fingerprint density at radius 3 is 2.73 bits per heavy atom. The van der Waals surface area contributed by atoms with Crippen LogP contribution in [0.2, 0.25) is 0 Å². The number of hydrogen-bond donors (Lipinski definition) is 1. The number of ether oxygens (including phenoxy) is 1. The highest BCUT2D eigenvalue weighted by molar-refractivity contribution is 5.76. The molecule has 0 bridgehead atoms. The van der Waals surface area contributed by atoms with E-state index in [0.717, 1.165) is 11.3 Å². The third kappa shape index (κ3) is 3.55. The van der Waals surface area contributed by atoms with Crippen molar-refractivity contribution in [3.05, 3.63) is 64.1 Å². The van der Waals surface area contributed by atoms with Gasteiger partial charge in [-0.05, 0) is 26.0 Å². The minimum absolute atomic E-state index is 0.00000236. The van der Waals surface area contributed by atoms with Gasteiger partial charge in [-0.2, -0.15) is 0 Å². The molecular weight excluding hydrogens is 280 g/mol. The summed E-state index contributed by atoms with van der Waals surface area (Å²) in [6.45, 7) is 3.61. The maximum atomic E-state index is 12.1. The molecule has 0 spiro atoms. The molecule has 1 amide bonds. The minimum Gasteiger partial charge on any atom is -0.496 e. The summed E-state index contributed by atoms with van der Waals surface area (Å²) in [6, 6.07) is 10.8. The van der Waals surface area contributed by atoms with Gasteiger partial charge in [-0.15, -0.1) is 0 Å². The summed E-state index contributed by atoms with van der Waals surface area (Å²) >= 11 is 0. The van der Waals surface area contributed by atoms with E-state index in [1.165, 1.54) is 4.57 Å². The van der Waals surface area contributed by atoms with Crippen LogP contribution in [0.1, 0.15) is 24.1 Å². The lowest BCUT2D eigenvalue weighted by molar-refractivity contribution is -0.122. The fourth-order valence-corrected chi connectivity index (χ4v) is 2.33. The first-order valence-electron chi connectivity index (χ1n) is 7.11. The van der Waals surface area contributed by atoms with Crippen LogP contribution in [0.3, 0.4) is 0 Å². The molecule has 0 saturated carbocycles. The Morgan fingerprint density at radius 1 is 1.27 bits per heavy atom. The minimum atomic E-state index is -0.217. The van der Waals surface area contributed by atoms with E-state index in [2.05, 4.69) is 5.32 Å². The Balaban J connectivity index is 2.08. The van der Waals surface area contributed by atoms with Gasteiger partial charge in [0.2, 0.25) is 5.91 Å². The Hall–Kier alpha value is -2.56. The quantitative estimate of drug-likeness (QED) is 0.919. The summed E-state index contributed by atoms with van der Waals surface area (Å²) in [6.07, 6.45) is 1.61. The predicted molar refractivity (Wildman–Crippen MR) is 85.0 cm³/mol. The van der Waals surface area contributed by atoms with Gasteiger partial charge in [-0.3, -0.25) is 9.59 Å². The molecule has 0 saturated heterocycles. The van der Waals surface area contributed by atoms with Crippen molar-refractivity contribution in [1.82, 2.24) is 9.88 Å². The summed E-state index contributed by atoms with van der Waals surface area (Å²) in [4.78, 5) is 24.1. The maximum Gasteiger partial charge on any atom is 0.253 e. The summed E-state index contributed by atoms with van der Waals surface area (Å²) < 4.78 is 6.70. The van der Waals surface area contributed by atoms with Crippen LogP contribution >= 0.6 is 0 Å². The van der Waals surface area contributed by atoms with Crippen LogP contribution in [0.25, 0.3) is 0 Å². The van der Waals surface area contributed by atoms with Gasteiger partial charge in [0, 0.05) is 17.3 Å². The second kappa shape index (κ2) is 6.93. The Labute approximate surface area is 129 Å². The molecule has 0 aliphatic heterocycles. The molecular formula is C17H20N2O3. The third-order valence-electron chi connectivity index (χ3n) is 3.51. The number of amides is 1. The SMILES string of the molecule is COc1ccccc1[C@H](C)NC(=O)Cn1cccc(C)c1=O. The highest BCUT2D eigenvalue weighted by atomic mass is 16.5. The number of pyridine rings is 1. The van der Waals surface area contributed by atoms with Crippen LogP contribution in [0, 0.1) is 6.92 Å². The molecule has 0 aliphatic rings. The van der Waals surface area contributed by atoms with Crippen molar-refractivity contribution >= 4 is 5.91 Å². The fraction of sp³-hybridized carbons (Fsp3) is 0.294. The second-order valence-corrected chi connectivity index (χ2v) is 5.16. The number of nitrogens with one attached hydrogen (secondary N) is 1. The van der Waals surface area contributed by atoms with Crippen LogP contribution in [0.5, 0.6) is 5.75 Å². The lowest BCUT2D eigenvalue weighted by atomic mass is 10.1. The molecule has 0 fully saturated rings.